The molecule has 3 rings (SSSR count). The molecule has 0 spiro atoms. The third-order valence-electron chi connectivity index (χ3n) is 2.87. The van der Waals surface area contributed by atoms with Gasteiger partial charge in [-0.2, -0.15) is 0 Å². The molecule has 0 bridgehead atoms. The summed E-state index contributed by atoms with van der Waals surface area (Å²) < 4.78 is 0. The highest BCUT2D eigenvalue weighted by Gasteiger charge is 2.18. The molecule has 94 valence electrons. The van der Waals surface area contributed by atoms with E-state index in [4.69, 9.17) is 5.11 Å². The van der Waals surface area contributed by atoms with E-state index in [1.54, 1.807) is 18.2 Å². The van der Waals surface area contributed by atoms with Crippen LogP contribution in [0.25, 0.3) is 11.3 Å². The number of nitrogens with one attached hydrogen (secondary N) is 1. The number of fused-ring (bicyclic) bond motifs is 1. The van der Waals surface area contributed by atoms with E-state index < -0.39 is 5.97 Å². The van der Waals surface area contributed by atoms with Crippen LogP contribution >= 0.6 is 0 Å². The summed E-state index contributed by atoms with van der Waals surface area (Å²) in [6.07, 6.45) is 1.74. The number of benzene rings is 1. The highest BCUT2D eigenvalue weighted by molar-refractivity contribution is 5.99. The standard InChI is InChI=1S/C13H9N3O3/c17-11-6-8-5-7(1-2-9(8)15-11)10-3-4-14-12(16-10)13(18)19/h1-5H,6H2,(H,15,17)(H,18,19). The lowest BCUT2D eigenvalue weighted by molar-refractivity contribution is -0.115. The second-order valence-corrected chi connectivity index (χ2v) is 4.17. The first-order valence-corrected chi connectivity index (χ1v) is 5.63. The Labute approximate surface area is 108 Å². The Hall–Kier alpha value is -2.76. The van der Waals surface area contributed by atoms with Crippen LogP contribution in [0, 0.1) is 0 Å². The molecule has 2 aromatic rings. The summed E-state index contributed by atoms with van der Waals surface area (Å²) in [5.74, 6) is -1.45. The van der Waals surface area contributed by atoms with Crippen molar-refractivity contribution in [2.45, 2.75) is 6.42 Å². The van der Waals surface area contributed by atoms with Crippen molar-refractivity contribution < 1.29 is 14.7 Å². The van der Waals surface area contributed by atoms with Gasteiger partial charge in [-0.25, -0.2) is 14.8 Å². The molecule has 0 fully saturated rings. The molecule has 1 amide bonds. The first-order valence-electron chi connectivity index (χ1n) is 5.63. The zero-order valence-corrected chi connectivity index (χ0v) is 9.75. The van der Waals surface area contributed by atoms with Gasteiger partial charge in [-0.05, 0) is 23.8 Å². The fraction of sp³-hybridized carbons (Fsp3) is 0.0769. The lowest BCUT2D eigenvalue weighted by Gasteiger charge is -2.04. The van der Waals surface area contributed by atoms with Gasteiger partial charge >= 0.3 is 5.97 Å². The van der Waals surface area contributed by atoms with Crippen molar-refractivity contribution >= 4 is 17.6 Å². The monoisotopic (exact) mass is 255 g/mol. The average Bonchev–Trinajstić information content (AvgIpc) is 2.77. The largest absolute Gasteiger partial charge is 0.475 e. The number of aromatic carboxylic acids is 1. The number of carboxylic acids is 1. The summed E-state index contributed by atoms with van der Waals surface area (Å²) in [6, 6.07) is 7.05. The quantitative estimate of drug-likeness (QED) is 0.844. The zero-order valence-electron chi connectivity index (χ0n) is 9.75. The van der Waals surface area contributed by atoms with Crippen molar-refractivity contribution in [3.8, 4) is 11.3 Å². The van der Waals surface area contributed by atoms with Crippen molar-refractivity contribution in [1.82, 2.24) is 9.97 Å². The van der Waals surface area contributed by atoms with E-state index in [2.05, 4.69) is 15.3 Å². The minimum Gasteiger partial charge on any atom is -0.475 e. The van der Waals surface area contributed by atoms with Crippen molar-refractivity contribution in [1.29, 1.82) is 0 Å². The summed E-state index contributed by atoms with van der Waals surface area (Å²) in [5, 5.41) is 11.6. The van der Waals surface area contributed by atoms with Crippen LogP contribution in [0.15, 0.2) is 30.5 Å². The molecular formula is C13H9N3O3. The molecular weight excluding hydrogens is 246 g/mol. The summed E-state index contributed by atoms with van der Waals surface area (Å²) >= 11 is 0. The molecule has 0 saturated carbocycles. The van der Waals surface area contributed by atoms with Gasteiger partial charge in [-0.3, -0.25) is 4.79 Å². The van der Waals surface area contributed by atoms with Gasteiger partial charge in [0.05, 0.1) is 12.1 Å². The smallest absolute Gasteiger partial charge is 0.373 e. The predicted octanol–water partition coefficient (Wildman–Crippen LogP) is 1.34. The topological polar surface area (TPSA) is 92.2 Å². The number of nitrogens with zero attached hydrogens (tertiary/aromatic N) is 2. The van der Waals surface area contributed by atoms with Crippen molar-refractivity contribution in [3.63, 3.8) is 0 Å². The fourth-order valence-electron chi connectivity index (χ4n) is 2.01. The van der Waals surface area contributed by atoms with E-state index in [9.17, 15) is 9.59 Å². The van der Waals surface area contributed by atoms with Crippen molar-refractivity contribution in [2.24, 2.45) is 0 Å². The van der Waals surface area contributed by atoms with Crippen LogP contribution in [-0.4, -0.2) is 27.0 Å². The summed E-state index contributed by atoms with van der Waals surface area (Å²) in [5.41, 5.74) is 2.97. The van der Waals surface area contributed by atoms with Crippen LogP contribution < -0.4 is 5.32 Å². The number of hydrogen-bond donors (Lipinski definition) is 2. The normalized spacial score (nSPS) is 12.9. The molecule has 0 saturated heterocycles. The Kier molecular flexibility index (Phi) is 2.49. The Morgan fingerprint density at radius 2 is 2.16 bits per heavy atom. The summed E-state index contributed by atoms with van der Waals surface area (Å²) in [4.78, 5) is 29.8. The number of anilines is 1. The highest BCUT2D eigenvalue weighted by Crippen LogP contribution is 2.28. The predicted molar refractivity (Wildman–Crippen MR) is 66.8 cm³/mol. The van der Waals surface area contributed by atoms with Gasteiger partial charge in [0.25, 0.3) is 0 Å². The van der Waals surface area contributed by atoms with Crippen LogP contribution in [0.4, 0.5) is 5.69 Å². The molecule has 1 aliphatic rings. The van der Waals surface area contributed by atoms with Gasteiger partial charge < -0.3 is 10.4 Å². The van der Waals surface area contributed by atoms with Crippen molar-refractivity contribution in [3.05, 3.63) is 41.9 Å². The molecule has 0 aliphatic carbocycles. The minimum absolute atomic E-state index is 0.0407. The van der Waals surface area contributed by atoms with E-state index in [1.165, 1.54) is 6.20 Å². The van der Waals surface area contributed by atoms with E-state index in [-0.39, 0.29) is 11.7 Å². The molecule has 1 aromatic heterocycles. The molecule has 2 N–H and O–H groups in total. The van der Waals surface area contributed by atoms with Gasteiger partial charge in [0.2, 0.25) is 11.7 Å². The maximum atomic E-state index is 11.3. The Balaban J connectivity index is 2.04. The number of rotatable bonds is 2. The number of aromatic nitrogens is 2. The number of carbonyl (C=O) groups is 2. The Bertz CT molecular complexity index is 697. The SMILES string of the molecule is O=C1Cc2cc(-c3ccnc(C(=O)O)n3)ccc2N1. The molecule has 0 atom stereocenters. The molecule has 1 aliphatic heterocycles. The second kappa shape index (κ2) is 4.16. The lowest BCUT2D eigenvalue weighted by Crippen LogP contribution is -2.04. The number of carbonyl (C=O) groups excluding carboxylic acids is 1. The van der Waals surface area contributed by atoms with Gasteiger partial charge in [0.15, 0.2) is 0 Å². The molecule has 1 aromatic carbocycles. The van der Waals surface area contributed by atoms with Crippen LogP contribution in [0.2, 0.25) is 0 Å². The van der Waals surface area contributed by atoms with E-state index in [1.807, 2.05) is 6.07 Å². The van der Waals surface area contributed by atoms with E-state index >= 15 is 0 Å². The Morgan fingerprint density at radius 3 is 2.95 bits per heavy atom. The number of hydrogen-bond acceptors (Lipinski definition) is 4. The lowest BCUT2D eigenvalue weighted by atomic mass is 10.1. The van der Waals surface area contributed by atoms with Crippen LogP contribution in [0.1, 0.15) is 16.2 Å². The van der Waals surface area contributed by atoms with Crippen LogP contribution in [0.5, 0.6) is 0 Å². The average molecular weight is 255 g/mol. The number of carboxylic acid groups (broad SMARTS) is 1. The molecule has 2 heterocycles. The second-order valence-electron chi connectivity index (χ2n) is 4.17. The van der Waals surface area contributed by atoms with Gasteiger partial charge in [0.1, 0.15) is 0 Å². The maximum Gasteiger partial charge on any atom is 0.373 e. The van der Waals surface area contributed by atoms with Crippen molar-refractivity contribution in [2.75, 3.05) is 5.32 Å². The molecule has 19 heavy (non-hydrogen) atoms. The third-order valence-corrected chi connectivity index (χ3v) is 2.87. The summed E-state index contributed by atoms with van der Waals surface area (Å²) in [7, 11) is 0. The third kappa shape index (κ3) is 2.03. The van der Waals surface area contributed by atoms with Gasteiger partial charge in [-0.15, -0.1) is 0 Å². The number of amides is 1. The minimum atomic E-state index is -1.17. The first-order chi connectivity index (χ1) is 9.13. The summed E-state index contributed by atoms with van der Waals surface area (Å²) in [6.45, 7) is 0. The molecule has 6 heteroatoms. The zero-order chi connectivity index (χ0) is 13.4. The molecule has 0 radical (unpaired) electrons. The van der Waals surface area contributed by atoms with E-state index in [0.717, 1.165) is 16.8 Å². The van der Waals surface area contributed by atoms with E-state index in [0.29, 0.717) is 12.1 Å². The first kappa shape index (κ1) is 11.3. The van der Waals surface area contributed by atoms with Crippen LogP contribution in [-0.2, 0) is 11.2 Å². The Morgan fingerprint density at radius 1 is 1.32 bits per heavy atom. The maximum absolute atomic E-state index is 11.3. The molecule has 0 unspecified atom stereocenters. The van der Waals surface area contributed by atoms with Gasteiger partial charge in [0, 0.05) is 17.4 Å². The fourth-order valence-corrected chi connectivity index (χ4v) is 2.01. The van der Waals surface area contributed by atoms with Gasteiger partial charge in [-0.1, -0.05) is 6.07 Å². The highest BCUT2D eigenvalue weighted by atomic mass is 16.4. The molecule has 6 nitrogen and oxygen atoms in total. The van der Waals surface area contributed by atoms with Crippen LogP contribution in [0.3, 0.4) is 0 Å².